The van der Waals surface area contributed by atoms with Crippen molar-refractivity contribution in [3.63, 3.8) is 0 Å². The van der Waals surface area contributed by atoms with Crippen LogP contribution in [0, 0.1) is 17.3 Å². The highest BCUT2D eigenvalue weighted by Crippen LogP contribution is 2.54. The molecule has 0 aromatic heterocycles. The lowest BCUT2D eigenvalue weighted by Crippen LogP contribution is -2.44. The van der Waals surface area contributed by atoms with Crippen LogP contribution in [0.15, 0.2) is 18.2 Å². The third kappa shape index (κ3) is 1.88. The van der Waals surface area contributed by atoms with Crippen LogP contribution in [0.4, 0.5) is 0 Å². The number of aryl methyl sites for hydroxylation is 1. The summed E-state index contributed by atoms with van der Waals surface area (Å²) in [6.45, 7) is 6.18. The van der Waals surface area contributed by atoms with Gasteiger partial charge in [-0.2, -0.15) is 0 Å². The number of Topliss-reactive ketones (excluding diaryl/α,β-unsaturated/α-hetero) is 1. The zero-order chi connectivity index (χ0) is 14.5. The average Bonchev–Trinajstić information content (AvgIpc) is 2.42. The van der Waals surface area contributed by atoms with Crippen LogP contribution in [0.5, 0.6) is 5.75 Å². The molecule has 2 aliphatic rings. The highest BCUT2D eigenvalue weighted by atomic mass is 16.3. The van der Waals surface area contributed by atoms with E-state index >= 15 is 0 Å². The van der Waals surface area contributed by atoms with Gasteiger partial charge in [-0.3, -0.25) is 4.79 Å². The number of rotatable bonds is 1. The summed E-state index contributed by atoms with van der Waals surface area (Å²) >= 11 is 0. The van der Waals surface area contributed by atoms with Crippen molar-refractivity contribution in [2.75, 3.05) is 0 Å². The number of carbonyl (C=O) groups is 1. The van der Waals surface area contributed by atoms with E-state index in [0.29, 0.717) is 29.3 Å². The molecule has 1 aromatic carbocycles. The number of aromatic hydroxyl groups is 1. The minimum absolute atomic E-state index is 0.143. The smallest absolute Gasteiger partial charge is 0.135 e. The van der Waals surface area contributed by atoms with Crippen LogP contribution in [0.25, 0.3) is 0 Å². The largest absolute Gasteiger partial charge is 0.508 e. The topological polar surface area (TPSA) is 37.3 Å². The number of hydrogen-bond acceptors (Lipinski definition) is 2. The normalized spacial score (nSPS) is 36.0. The average molecular weight is 272 g/mol. The minimum Gasteiger partial charge on any atom is -0.508 e. The van der Waals surface area contributed by atoms with E-state index in [1.54, 1.807) is 6.92 Å². The van der Waals surface area contributed by atoms with E-state index in [0.717, 1.165) is 25.7 Å². The van der Waals surface area contributed by atoms with Gasteiger partial charge in [0.2, 0.25) is 0 Å². The first-order valence-corrected chi connectivity index (χ1v) is 7.76. The number of benzene rings is 1. The fraction of sp³-hybridized carbons (Fsp3) is 0.611. The van der Waals surface area contributed by atoms with Crippen LogP contribution >= 0.6 is 0 Å². The van der Waals surface area contributed by atoms with Crippen molar-refractivity contribution in [3.8, 4) is 5.75 Å². The molecule has 1 fully saturated rings. The second kappa shape index (κ2) is 4.61. The van der Waals surface area contributed by atoms with Crippen molar-refractivity contribution in [2.24, 2.45) is 17.3 Å². The lowest BCUT2D eigenvalue weighted by atomic mass is 9.54. The van der Waals surface area contributed by atoms with Crippen LogP contribution < -0.4 is 0 Å². The third-order valence-electron chi connectivity index (χ3n) is 6.22. The van der Waals surface area contributed by atoms with Crippen LogP contribution in [-0.2, 0) is 11.2 Å². The third-order valence-corrected chi connectivity index (χ3v) is 6.22. The fourth-order valence-corrected chi connectivity index (χ4v) is 4.54. The predicted molar refractivity (Wildman–Crippen MR) is 79.8 cm³/mol. The van der Waals surface area contributed by atoms with Crippen LogP contribution in [0.3, 0.4) is 0 Å². The molecule has 2 heteroatoms. The molecule has 3 rings (SSSR count). The summed E-state index contributed by atoms with van der Waals surface area (Å²) in [5.41, 5.74) is 2.58. The summed E-state index contributed by atoms with van der Waals surface area (Å²) in [5, 5.41) is 9.65. The Morgan fingerprint density at radius 2 is 2.10 bits per heavy atom. The molecule has 0 amide bonds. The van der Waals surface area contributed by atoms with Gasteiger partial charge in [0.25, 0.3) is 0 Å². The van der Waals surface area contributed by atoms with Crippen molar-refractivity contribution in [1.29, 1.82) is 0 Å². The molecule has 20 heavy (non-hydrogen) atoms. The molecule has 0 saturated heterocycles. The summed E-state index contributed by atoms with van der Waals surface area (Å²) in [7, 11) is 0. The first kappa shape index (κ1) is 13.7. The van der Waals surface area contributed by atoms with Gasteiger partial charge >= 0.3 is 0 Å². The Morgan fingerprint density at radius 3 is 2.80 bits per heavy atom. The van der Waals surface area contributed by atoms with Crippen molar-refractivity contribution in [1.82, 2.24) is 0 Å². The quantitative estimate of drug-likeness (QED) is 0.837. The first-order valence-electron chi connectivity index (χ1n) is 7.76. The Morgan fingerprint density at radius 1 is 1.35 bits per heavy atom. The Balaban J connectivity index is 1.96. The van der Waals surface area contributed by atoms with Gasteiger partial charge in [-0.15, -0.1) is 0 Å². The van der Waals surface area contributed by atoms with Crippen molar-refractivity contribution < 1.29 is 9.90 Å². The molecule has 3 unspecified atom stereocenters. The molecule has 0 aliphatic heterocycles. The fourth-order valence-electron chi connectivity index (χ4n) is 4.54. The number of ketones is 1. The summed E-state index contributed by atoms with van der Waals surface area (Å²) in [4.78, 5) is 12.1. The molecule has 1 aromatic rings. The molecule has 1 saturated carbocycles. The number of phenolic OH excluding ortho intramolecular Hbond substituents is 1. The SMILES string of the molecule is CC(=O)C1(C)CCC2c3ccc(O)cc3CCC2[C@@H]1C. The molecular weight excluding hydrogens is 248 g/mol. The molecule has 0 bridgehead atoms. The molecule has 0 heterocycles. The minimum atomic E-state index is -0.143. The van der Waals surface area contributed by atoms with Crippen molar-refractivity contribution in [3.05, 3.63) is 29.3 Å². The maximum Gasteiger partial charge on any atom is 0.135 e. The molecule has 108 valence electrons. The van der Waals surface area contributed by atoms with E-state index in [-0.39, 0.29) is 5.41 Å². The summed E-state index contributed by atoms with van der Waals surface area (Å²) in [6.07, 6.45) is 4.27. The molecule has 2 aliphatic carbocycles. The summed E-state index contributed by atoms with van der Waals surface area (Å²) < 4.78 is 0. The number of fused-ring (bicyclic) bond motifs is 3. The molecule has 0 spiro atoms. The van der Waals surface area contributed by atoms with Crippen molar-refractivity contribution in [2.45, 2.75) is 52.4 Å². The van der Waals surface area contributed by atoms with Gasteiger partial charge in [0.15, 0.2) is 0 Å². The van der Waals surface area contributed by atoms with Gasteiger partial charge in [-0.05, 0) is 73.6 Å². The first-order chi connectivity index (χ1) is 9.43. The van der Waals surface area contributed by atoms with Crippen LogP contribution in [0.1, 0.15) is 57.1 Å². The molecular formula is C18H24O2. The number of hydrogen-bond donors (Lipinski definition) is 1. The maximum atomic E-state index is 12.1. The maximum absolute atomic E-state index is 12.1. The van der Waals surface area contributed by atoms with Crippen molar-refractivity contribution >= 4 is 5.78 Å². The van der Waals surface area contributed by atoms with E-state index in [4.69, 9.17) is 0 Å². The van der Waals surface area contributed by atoms with Gasteiger partial charge in [-0.25, -0.2) is 0 Å². The lowest BCUT2D eigenvalue weighted by molar-refractivity contribution is -0.132. The number of carbonyl (C=O) groups excluding carboxylic acids is 1. The van der Waals surface area contributed by atoms with E-state index < -0.39 is 0 Å². The molecule has 1 N–H and O–H groups in total. The van der Waals surface area contributed by atoms with Crippen LogP contribution in [-0.4, -0.2) is 10.9 Å². The second-order valence-electron chi connectivity index (χ2n) is 6.99. The summed E-state index contributed by atoms with van der Waals surface area (Å²) in [6, 6.07) is 5.84. The van der Waals surface area contributed by atoms with E-state index in [9.17, 15) is 9.90 Å². The monoisotopic (exact) mass is 272 g/mol. The Hall–Kier alpha value is -1.31. The number of phenols is 1. The van der Waals surface area contributed by atoms with Gasteiger partial charge in [0.05, 0.1) is 0 Å². The standard InChI is InChI=1S/C18H24O2/c1-11-15-6-4-13-10-14(20)5-7-16(13)17(15)8-9-18(11,3)12(2)19/h5,7,10-11,15,17,20H,4,6,8-9H2,1-3H3/t11-,15?,17?,18?/m0/s1. The lowest BCUT2D eigenvalue weighted by Gasteiger charge is -2.49. The summed E-state index contributed by atoms with van der Waals surface area (Å²) in [5.74, 6) is 2.34. The Labute approximate surface area is 121 Å². The van der Waals surface area contributed by atoms with Crippen LogP contribution in [0.2, 0.25) is 0 Å². The zero-order valence-electron chi connectivity index (χ0n) is 12.6. The van der Waals surface area contributed by atoms with E-state index in [1.807, 2.05) is 12.1 Å². The zero-order valence-corrected chi connectivity index (χ0v) is 12.6. The predicted octanol–water partition coefficient (Wildman–Crippen LogP) is 4.06. The highest BCUT2D eigenvalue weighted by Gasteiger charge is 2.48. The second-order valence-corrected chi connectivity index (χ2v) is 6.99. The molecule has 0 radical (unpaired) electrons. The Kier molecular flexibility index (Phi) is 3.15. The van der Waals surface area contributed by atoms with Gasteiger partial charge in [0, 0.05) is 5.41 Å². The van der Waals surface area contributed by atoms with Gasteiger partial charge in [-0.1, -0.05) is 19.9 Å². The molecule has 2 nitrogen and oxygen atoms in total. The van der Waals surface area contributed by atoms with E-state index in [2.05, 4.69) is 19.9 Å². The highest BCUT2D eigenvalue weighted by molar-refractivity contribution is 5.82. The van der Waals surface area contributed by atoms with Gasteiger partial charge in [0.1, 0.15) is 11.5 Å². The Bertz CT molecular complexity index is 548. The van der Waals surface area contributed by atoms with Gasteiger partial charge < -0.3 is 5.11 Å². The van der Waals surface area contributed by atoms with E-state index in [1.165, 1.54) is 11.1 Å². The molecule has 4 atom stereocenters.